The third-order valence-electron chi connectivity index (χ3n) is 2.85. The van der Waals surface area contributed by atoms with E-state index in [1.807, 2.05) is 38.1 Å². The molecule has 2 rings (SSSR count). The van der Waals surface area contributed by atoms with Gasteiger partial charge in [0.2, 0.25) is 0 Å². The van der Waals surface area contributed by atoms with Gasteiger partial charge in [-0.2, -0.15) is 0 Å². The lowest BCUT2D eigenvalue weighted by Crippen LogP contribution is -2.12. The van der Waals surface area contributed by atoms with Crippen LogP contribution in [0.4, 0.5) is 11.4 Å². The molecule has 2 aromatic carbocycles. The summed E-state index contributed by atoms with van der Waals surface area (Å²) in [7, 11) is 0.120. The maximum Gasteiger partial charge on any atom is 0.576 e. The fourth-order valence-electron chi connectivity index (χ4n) is 1.70. The average molecular weight is 256 g/mol. The number of anilines is 2. The van der Waals surface area contributed by atoms with Crippen molar-refractivity contribution < 1.29 is 9.31 Å². The number of hydrogen-bond donors (Lipinski definition) is 2. The second kappa shape index (κ2) is 5.56. The van der Waals surface area contributed by atoms with Gasteiger partial charge in [-0.25, -0.2) is 0 Å². The number of nitrogen functional groups attached to an aromatic ring is 2. The molecule has 5 heteroatoms. The highest BCUT2D eigenvalue weighted by Crippen LogP contribution is 2.22. The molecular formula is C14H17BN2O2. The van der Waals surface area contributed by atoms with Crippen molar-refractivity contribution in [2.24, 2.45) is 0 Å². The maximum absolute atomic E-state index is 5.72. The van der Waals surface area contributed by atoms with Gasteiger partial charge in [-0.1, -0.05) is 12.1 Å². The van der Waals surface area contributed by atoms with E-state index in [4.69, 9.17) is 20.8 Å². The Bertz CT molecular complexity index is 536. The lowest BCUT2D eigenvalue weighted by Gasteiger charge is -2.12. The Labute approximate surface area is 113 Å². The standard InChI is InChI=1S/C14H17BN2O2/c1-9-3-5-11(16)7-13(9)18-15-19-14-8-12(17)6-4-10(14)2/h3-8,15H,16-17H2,1-2H3. The van der Waals surface area contributed by atoms with Crippen LogP contribution in [-0.2, 0) is 0 Å². The lowest BCUT2D eigenvalue weighted by molar-refractivity contribution is 0.455. The van der Waals surface area contributed by atoms with Gasteiger partial charge in [0.25, 0.3) is 0 Å². The van der Waals surface area contributed by atoms with Gasteiger partial charge >= 0.3 is 7.69 Å². The Hall–Kier alpha value is -2.30. The minimum absolute atomic E-state index is 0.120. The molecule has 0 heterocycles. The third-order valence-corrected chi connectivity index (χ3v) is 2.85. The van der Waals surface area contributed by atoms with Crippen molar-refractivity contribution in [2.45, 2.75) is 13.8 Å². The predicted molar refractivity (Wildman–Crippen MR) is 79.6 cm³/mol. The molecule has 0 aliphatic carbocycles. The first-order chi connectivity index (χ1) is 9.06. The molecule has 0 amide bonds. The van der Waals surface area contributed by atoms with Crippen LogP contribution in [0.3, 0.4) is 0 Å². The molecular weight excluding hydrogens is 239 g/mol. The topological polar surface area (TPSA) is 70.5 Å². The van der Waals surface area contributed by atoms with Crippen LogP contribution in [0.5, 0.6) is 11.5 Å². The molecule has 19 heavy (non-hydrogen) atoms. The van der Waals surface area contributed by atoms with Crippen LogP contribution in [0.1, 0.15) is 11.1 Å². The van der Waals surface area contributed by atoms with Crippen molar-refractivity contribution in [2.75, 3.05) is 11.5 Å². The Morgan fingerprint density at radius 1 is 0.789 bits per heavy atom. The largest absolute Gasteiger partial charge is 0.576 e. The summed E-state index contributed by atoms with van der Waals surface area (Å²) < 4.78 is 11.1. The molecule has 0 bridgehead atoms. The Kier molecular flexibility index (Phi) is 3.85. The number of rotatable bonds is 4. The second-order valence-corrected chi connectivity index (χ2v) is 4.46. The molecule has 2 aromatic rings. The molecule has 98 valence electrons. The van der Waals surface area contributed by atoms with Gasteiger partial charge in [-0.3, -0.25) is 0 Å². The Morgan fingerprint density at radius 2 is 1.21 bits per heavy atom. The van der Waals surface area contributed by atoms with E-state index in [9.17, 15) is 0 Å². The molecule has 0 atom stereocenters. The maximum atomic E-state index is 5.72. The minimum atomic E-state index is 0.120. The molecule has 4 N–H and O–H groups in total. The summed E-state index contributed by atoms with van der Waals surface area (Å²) in [5.41, 5.74) is 14.8. The summed E-state index contributed by atoms with van der Waals surface area (Å²) in [4.78, 5) is 0. The van der Waals surface area contributed by atoms with Crippen molar-refractivity contribution >= 4 is 19.1 Å². The fraction of sp³-hybridized carbons (Fsp3) is 0.143. The van der Waals surface area contributed by atoms with E-state index in [1.54, 1.807) is 12.1 Å². The normalized spacial score (nSPS) is 10.0. The van der Waals surface area contributed by atoms with Crippen molar-refractivity contribution in [3.8, 4) is 11.5 Å². The first-order valence-corrected chi connectivity index (χ1v) is 6.04. The number of aryl methyl sites for hydroxylation is 2. The van der Waals surface area contributed by atoms with Crippen molar-refractivity contribution in [1.29, 1.82) is 0 Å². The van der Waals surface area contributed by atoms with Crippen LogP contribution in [0.2, 0.25) is 0 Å². The summed E-state index contributed by atoms with van der Waals surface area (Å²) in [6.07, 6.45) is 0. The van der Waals surface area contributed by atoms with Gasteiger partial charge in [0.05, 0.1) is 0 Å². The summed E-state index contributed by atoms with van der Waals surface area (Å²) in [6, 6.07) is 11.1. The van der Waals surface area contributed by atoms with Gasteiger partial charge in [-0.05, 0) is 37.1 Å². The Morgan fingerprint density at radius 3 is 1.63 bits per heavy atom. The van der Waals surface area contributed by atoms with Gasteiger partial charge in [0, 0.05) is 23.5 Å². The summed E-state index contributed by atoms with van der Waals surface area (Å²) in [5, 5.41) is 0. The molecule has 0 saturated heterocycles. The Balaban J connectivity index is 2.00. The lowest BCUT2D eigenvalue weighted by atomic mass is 10.2. The third kappa shape index (κ3) is 3.34. The van der Waals surface area contributed by atoms with Crippen LogP contribution in [0.15, 0.2) is 36.4 Å². The molecule has 0 aliphatic rings. The molecule has 0 aromatic heterocycles. The molecule has 0 unspecified atom stereocenters. The van der Waals surface area contributed by atoms with Gasteiger partial charge in [-0.15, -0.1) is 0 Å². The monoisotopic (exact) mass is 256 g/mol. The fourth-order valence-corrected chi connectivity index (χ4v) is 1.70. The quantitative estimate of drug-likeness (QED) is 0.649. The number of benzene rings is 2. The summed E-state index contributed by atoms with van der Waals surface area (Å²) in [5.74, 6) is 1.45. The van der Waals surface area contributed by atoms with Crippen molar-refractivity contribution in [3.63, 3.8) is 0 Å². The SMILES string of the molecule is Cc1ccc(N)cc1OBOc1cc(N)ccc1C. The van der Waals surface area contributed by atoms with Gasteiger partial charge < -0.3 is 20.8 Å². The number of nitrogens with two attached hydrogens (primary N) is 2. The molecule has 4 nitrogen and oxygen atoms in total. The van der Waals surface area contributed by atoms with Crippen molar-refractivity contribution in [1.82, 2.24) is 0 Å². The van der Waals surface area contributed by atoms with E-state index in [0.29, 0.717) is 11.4 Å². The van der Waals surface area contributed by atoms with E-state index < -0.39 is 0 Å². The summed E-state index contributed by atoms with van der Waals surface area (Å²) >= 11 is 0. The van der Waals surface area contributed by atoms with E-state index in [-0.39, 0.29) is 7.69 Å². The molecule has 0 spiro atoms. The van der Waals surface area contributed by atoms with Crippen LogP contribution in [0, 0.1) is 13.8 Å². The molecule has 0 aliphatic heterocycles. The zero-order valence-corrected chi connectivity index (χ0v) is 11.1. The first-order valence-electron chi connectivity index (χ1n) is 6.04. The van der Waals surface area contributed by atoms with Crippen LogP contribution >= 0.6 is 0 Å². The molecule has 0 fully saturated rings. The second-order valence-electron chi connectivity index (χ2n) is 4.46. The average Bonchev–Trinajstić information content (AvgIpc) is 2.38. The van der Waals surface area contributed by atoms with Gasteiger partial charge in [0.15, 0.2) is 0 Å². The van der Waals surface area contributed by atoms with Crippen LogP contribution < -0.4 is 20.8 Å². The van der Waals surface area contributed by atoms with E-state index in [1.165, 1.54) is 0 Å². The van der Waals surface area contributed by atoms with E-state index in [2.05, 4.69) is 0 Å². The highest BCUT2D eigenvalue weighted by atomic mass is 16.6. The highest BCUT2D eigenvalue weighted by molar-refractivity contribution is 6.20. The van der Waals surface area contributed by atoms with Crippen molar-refractivity contribution in [3.05, 3.63) is 47.5 Å². The van der Waals surface area contributed by atoms with E-state index in [0.717, 1.165) is 22.6 Å². The zero-order valence-electron chi connectivity index (χ0n) is 11.1. The van der Waals surface area contributed by atoms with E-state index >= 15 is 0 Å². The molecule has 0 saturated carbocycles. The predicted octanol–water partition coefficient (Wildman–Crippen LogP) is 2.19. The highest BCUT2D eigenvalue weighted by Gasteiger charge is 2.05. The van der Waals surface area contributed by atoms with Crippen LogP contribution in [0.25, 0.3) is 0 Å². The first kappa shape index (κ1) is 13.1. The smallest absolute Gasteiger partial charge is 0.528 e. The summed E-state index contributed by atoms with van der Waals surface area (Å²) in [6.45, 7) is 3.92. The number of hydrogen-bond acceptors (Lipinski definition) is 4. The van der Waals surface area contributed by atoms with Gasteiger partial charge in [0.1, 0.15) is 11.5 Å². The molecule has 0 radical (unpaired) electrons. The minimum Gasteiger partial charge on any atom is -0.528 e. The van der Waals surface area contributed by atoms with Crippen LogP contribution in [-0.4, -0.2) is 7.69 Å². The zero-order chi connectivity index (χ0) is 13.8.